The fourth-order valence-electron chi connectivity index (χ4n) is 1.22. The van der Waals surface area contributed by atoms with Crippen molar-refractivity contribution in [2.75, 3.05) is 13.7 Å². The van der Waals surface area contributed by atoms with Gasteiger partial charge in [0, 0.05) is 24.9 Å². The summed E-state index contributed by atoms with van der Waals surface area (Å²) in [5.74, 6) is 0. The van der Waals surface area contributed by atoms with Gasteiger partial charge in [0.2, 0.25) is 0 Å². The minimum Gasteiger partial charge on any atom is -0.372 e. The van der Waals surface area contributed by atoms with Gasteiger partial charge in [0.1, 0.15) is 10.8 Å². The summed E-state index contributed by atoms with van der Waals surface area (Å²) in [4.78, 5) is 4.17. The average Bonchev–Trinajstić information content (AvgIpc) is 2.17. The highest BCUT2D eigenvalue weighted by atomic mass is 35.5. The van der Waals surface area contributed by atoms with Crippen LogP contribution in [0.25, 0.3) is 0 Å². The molecular weight excluding hydrogens is 200 g/mol. The fourth-order valence-corrected chi connectivity index (χ4v) is 1.62. The van der Waals surface area contributed by atoms with Crippen LogP contribution in [0.2, 0.25) is 5.15 Å². The SMILES string of the molecule is COC(C)(CN)c1ccc(C)nc1Cl. The van der Waals surface area contributed by atoms with E-state index in [9.17, 15) is 0 Å². The van der Waals surface area contributed by atoms with Crippen LogP contribution in [0.5, 0.6) is 0 Å². The number of nitrogens with two attached hydrogens (primary N) is 1. The van der Waals surface area contributed by atoms with Gasteiger partial charge in [-0.1, -0.05) is 17.7 Å². The number of nitrogens with zero attached hydrogens (tertiary/aromatic N) is 1. The molecule has 0 aliphatic rings. The Bertz CT molecular complexity index is 324. The van der Waals surface area contributed by atoms with Crippen LogP contribution in [0.1, 0.15) is 18.2 Å². The molecule has 1 heterocycles. The zero-order chi connectivity index (χ0) is 10.8. The minimum atomic E-state index is -0.558. The predicted molar refractivity (Wildman–Crippen MR) is 57.4 cm³/mol. The van der Waals surface area contributed by atoms with E-state index in [0.717, 1.165) is 11.3 Å². The lowest BCUT2D eigenvalue weighted by atomic mass is 9.97. The minimum absolute atomic E-state index is 0.369. The largest absolute Gasteiger partial charge is 0.372 e. The zero-order valence-electron chi connectivity index (χ0n) is 8.67. The summed E-state index contributed by atoms with van der Waals surface area (Å²) < 4.78 is 5.34. The zero-order valence-corrected chi connectivity index (χ0v) is 9.43. The molecule has 1 aromatic rings. The van der Waals surface area contributed by atoms with Crippen molar-refractivity contribution in [3.05, 3.63) is 28.5 Å². The molecule has 0 saturated heterocycles. The number of pyridine rings is 1. The lowest BCUT2D eigenvalue weighted by Crippen LogP contribution is -2.34. The predicted octanol–water partition coefficient (Wildman–Crippen LogP) is 1.86. The van der Waals surface area contributed by atoms with Gasteiger partial charge in [0.05, 0.1) is 0 Å². The van der Waals surface area contributed by atoms with Crippen LogP contribution in [0.4, 0.5) is 0 Å². The molecule has 3 nitrogen and oxygen atoms in total. The van der Waals surface area contributed by atoms with Crippen LogP contribution < -0.4 is 5.73 Å². The van der Waals surface area contributed by atoms with Gasteiger partial charge in [0.25, 0.3) is 0 Å². The third-order valence-electron chi connectivity index (χ3n) is 2.40. The van der Waals surface area contributed by atoms with E-state index in [0.29, 0.717) is 11.7 Å². The van der Waals surface area contributed by atoms with Crippen molar-refractivity contribution in [1.82, 2.24) is 4.98 Å². The Balaban J connectivity index is 3.17. The first-order chi connectivity index (χ1) is 6.53. The summed E-state index contributed by atoms with van der Waals surface area (Å²) in [6, 6.07) is 3.80. The number of methoxy groups -OCH3 is 1. The molecular formula is C10H15ClN2O. The lowest BCUT2D eigenvalue weighted by Gasteiger charge is -2.27. The topological polar surface area (TPSA) is 48.1 Å². The molecule has 0 fully saturated rings. The molecule has 78 valence electrons. The third kappa shape index (κ3) is 2.05. The molecule has 4 heteroatoms. The maximum atomic E-state index is 6.02. The van der Waals surface area contributed by atoms with Crippen molar-refractivity contribution >= 4 is 11.6 Å². The van der Waals surface area contributed by atoms with Gasteiger partial charge in [-0.15, -0.1) is 0 Å². The first kappa shape index (κ1) is 11.4. The summed E-state index contributed by atoms with van der Waals surface area (Å²) in [6.07, 6.45) is 0. The molecule has 14 heavy (non-hydrogen) atoms. The number of aryl methyl sites for hydroxylation is 1. The average molecular weight is 215 g/mol. The van der Waals surface area contributed by atoms with Crippen LogP contribution in [-0.2, 0) is 10.3 Å². The van der Waals surface area contributed by atoms with Crippen LogP contribution in [-0.4, -0.2) is 18.6 Å². The quantitative estimate of drug-likeness (QED) is 0.782. The molecule has 2 N–H and O–H groups in total. The van der Waals surface area contributed by atoms with E-state index in [1.165, 1.54) is 0 Å². The Morgan fingerprint density at radius 2 is 2.21 bits per heavy atom. The van der Waals surface area contributed by atoms with E-state index in [4.69, 9.17) is 22.1 Å². The van der Waals surface area contributed by atoms with Gasteiger partial charge in [-0.3, -0.25) is 0 Å². The molecule has 0 aliphatic carbocycles. The molecule has 0 spiro atoms. The Kier molecular flexibility index (Phi) is 3.48. The number of hydrogen-bond acceptors (Lipinski definition) is 3. The second kappa shape index (κ2) is 4.26. The third-order valence-corrected chi connectivity index (χ3v) is 2.69. The highest BCUT2D eigenvalue weighted by Gasteiger charge is 2.27. The lowest BCUT2D eigenvalue weighted by molar-refractivity contribution is 0.00988. The summed E-state index contributed by atoms with van der Waals surface area (Å²) >= 11 is 6.02. The van der Waals surface area contributed by atoms with E-state index < -0.39 is 5.60 Å². The van der Waals surface area contributed by atoms with Crippen molar-refractivity contribution in [3.8, 4) is 0 Å². The standard InChI is InChI=1S/C10H15ClN2O/c1-7-4-5-8(9(11)13-7)10(2,6-12)14-3/h4-5H,6,12H2,1-3H3. The molecule has 0 saturated carbocycles. The summed E-state index contributed by atoms with van der Waals surface area (Å²) in [7, 11) is 1.61. The highest BCUT2D eigenvalue weighted by Crippen LogP contribution is 2.28. The molecule has 1 aromatic heterocycles. The fraction of sp³-hybridized carbons (Fsp3) is 0.500. The smallest absolute Gasteiger partial charge is 0.135 e. The summed E-state index contributed by atoms with van der Waals surface area (Å²) in [6.45, 7) is 4.15. The summed E-state index contributed by atoms with van der Waals surface area (Å²) in [5, 5.41) is 0.458. The highest BCUT2D eigenvalue weighted by molar-refractivity contribution is 6.30. The van der Waals surface area contributed by atoms with Crippen LogP contribution in [0, 0.1) is 6.92 Å². The van der Waals surface area contributed by atoms with Crippen LogP contribution in [0.15, 0.2) is 12.1 Å². The van der Waals surface area contributed by atoms with Gasteiger partial charge in [-0.25, -0.2) is 4.98 Å². The molecule has 0 aliphatic heterocycles. The van der Waals surface area contributed by atoms with Crippen molar-refractivity contribution in [2.24, 2.45) is 5.73 Å². The van der Waals surface area contributed by atoms with Gasteiger partial charge >= 0.3 is 0 Å². The Hall–Kier alpha value is -0.640. The van der Waals surface area contributed by atoms with Gasteiger partial charge in [-0.05, 0) is 19.9 Å². The van der Waals surface area contributed by atoms with Gasteiger partial charge in [-0.2, -0.15) is 0 Å². The number of rotatable bonds is 3. The van der Waals surface area contributed by atoms with Gasteiger partial charge in [0.15, 0.2) is 0 Å². The molecule has 0 aromatic carbocycles. The van der Waals surface area contributed by atoms with Gasteiger partial charge < -0.3 is 10.5 Å². The van der Waals surface area contributed by atoms with E-state index in [-0.39, 0.29) is 0 Å². The Morgan fingerprint density at radius 1 is 1.57 bits per heavy atom. The second-order valence-corrected chi connectivity index (χ2v) is 3.79. The van der Waals surface area contributed by atoms with Crippen molar-refractivity contribution < 1.29 is 4.74 Å². The molecule has 0 bridgehead atoms. The second-order valence-electron chi connectivity index (χ2n) is 3.43. The molecule has 1 atom stereocenters. The maximum absolute atomic E-state index is 6.02. The number of aromatic nitrogens is 1. The van der Waals surface area contributed by atoms with Crippen molar-refractivity contribution in [2.45, 2.75) is 19.4 Å². The van der Waals surface area contributed by atoms with Crippen LogP contribution in [0.3, 0.4) is 0 Å². The monoisotopic (exact) mass is 214 g/mol. The summed E-state index contributed by atoms with van der Waals surface area (Å²) in [5.41, 5.74) is 6.80. The van der Waals surface area contributed by atoms with Crippen LogP contribution >= 0.6 is 11.6 Å². The van der Waals surface area contributed by atoms with E-state index >= 15 is 0 Å². The van der Waals surface area contributed by atoms with Crippen molar-refractivity contribution in [1.29, 1.82) is 0 Å². The Morgan fingerprint density at radius 3 is 2.64 bits per heavy atom. The van der Waals surface area contributed by atoms with E-state index in [1.807, 2.05) is 26.0 Å². The first-order valence-electron chi connectivity index (χ1n) is 4.42. The molecule has 1 unspecified atom stereocenters. The molecule has 0 radical (unpaired) electrons. The molecule has 1 rings (SSSR count). The van der Waals surface area contributed by atoms with Crippen molar-refractivity contribution in [3.63, 3.8) is 0 Å². The number of halogens is 1. The normalized spacial score (nSPS) is 15.2. The Labute approximate surface area is 89.2 Å². The number of hydrogen-bond donors (Lipinski definition) is 1. The maximum Gasteiger partial charge on any atom is 0.135 e. The van der Waals surface area contributed by atoms with E-state index in [2.05, 4.69) is 4.98 Å². The number of ether oxygens (including phenoxy) is 1. The first-order valence-corrected chi connectivity index (χ1v) is 4.80. The molecule has 0 amide bonds. The van der Waals surface area contributed by atoms with E-state index in [1.54, 1.807) is 7.11 Å².